The lowest BCUT2D eigenvalue weighted by Gasteiger charge is -2.14. The van der Waals surface area contributed by atoms with E-state index in [1.54, 1.807) is 6.20 Å². The number of aromatic nitrogens is 2. The zero-order chi connectivity index (χ0) is 14.5. The Hall–Kier alpha value is -1.65. The number of halogens is 1. The van der Waals surface area contributed by atoms with E-state index in [-0.39, 0.29) is 0 Å². The van der Waals surface area contributed by atoms with Gasteiger partial charge in [0.05, 0.1) is 6.20 Å². The number of hydrogen-bond donors (Lipinski definition) is 1. The van der Waals surface area contributed by atoms with E-state index in [2.05, 4.69) is 44.5 Å². The molecule has 0 unspecified atom stereocenters. The fourth-order valence-electron chi connectivity index (χ4n) is 2.59. The summed E-state index contributed by atoms with van der Waals surface area (Å²) in [5.41, 5.74) is 2.35. The number of hydrogen-bond acceptors (Lipinski definition) is 4. The van der Waals surface area contributed by atoms with Crippen LogP contribution in [-0.2, 0) is 6.42 Å². The standard InChI is InChI=1S/C16H19ClN4/c17-15-11-18-12-19-16(15)20-14-5-3-13(4-6-14)7-10-21-8-1-2-9-21/h3-6,11-12H,1-2,7-10H2,(H,18,19,20). The summed E-state index contributed by atoms with van der Waals surface area (Å²) in [6.07, 6.45) is 6.87. The van der Waals surface area contributed by atoms with Crippen LogP contribution < -0.4 is 5.32 Å². The van der Waals surface area contributed by atoms with Gasteiger partial charge < -0.3 is 10.2 Å². The maximum Gasteiger partial charge on any atom is 0.152 e. The number of benzene rings is 1. The molecule has 2 aromatic rings. The van der Waals surface area contributed by atoms with Gasteiger partial charge in [-0.05, 0) is 50.0 Å². The Morgan fingerprint density at radius 1 is 1.14 bits per heavy atom. The Balaban J connectivity index is 1.57. The third-order valence-electron chi connectivity index (χ3n) is 3.80. The Morgan fingerprint density at radius 3 is 2.62 bits per heavy atom. The van der Waals surface area contributed by atoms with Crippen LogP contribution in [0, 0.1) is 0 Å². The fraction of sp³-hybridized carbons (Fsp3) is 0.375. The minimum absolute atomic E-state index is 0.524. The smallest absolute Gasteiger partial charge is 0.152 e. The molecule has 2 heterocycles. The minimum atomic E-state index is 0.524. The van der Waals surface area contributed by atoms with Gasteiger partial charge in [0.25, 0.3) is 0 Å². The summed E-state index contributed by atoms with van der Waals surface area (Å²) in [4.78, 5) is 10.5. The van der Waals surface area contributed by atoms with E-state index in [0.29, 0.717) is 10.8 Å². The Labute approximate surface area is 130 Å². The molecule has 1 saturated heterocycles. The van der Waals surface area contributed by atoms with Gasteiger partial charge in [0, 0.05) is 12.2 Å². The summed E-state index contributed by atoms with van der Waals surface area (Å²) < 4.78 is 0. The molecule has 21 heavy (non-hydrogen) atoms. The summed E-state index contributed by atoms with van der Waals surface area (Å²) in [6.45, 7) is 3.67. The van der Waals surface area contributed by atoms with Crippen molar-refractivity contribution in [2.24, 2.45) is 0 Å². The van der Waals surface area contributed by atoms with E-state index in [1.165, 1.54) is 37.8 Å². The van der Waals surface area contributed by atoms with Crippen LogP contribution in [-0.4, -0.2) is 34.5 Å². The first-order valence-electron chi connectivity index (χ1n) is 7.35. The van der Waals surface area contributed by atoms with Crippen LogP contribution >= 0.6 is 11.6 Å². The lowest BCUT2D eigenvalue weighted by Crippen LogP contribution is -2.21. The normalized spacial score (nSPS) is 15.3. The highest BCUT2D eigenvalue weighted by Gasteiger charge is 2.10. The third-order valence-corrected chi connectivity index (χ3v) is 4.08. The maximum atomic E-state index is 6.03. The van der Waals surface area contributed by atoms with Crippen molar-refractivity contribution >= 4 is 23.1 Å². The molecule has 1 aliphatic heterocycles. The third kappa shape index (κ3) is 3.93. The number of likely N-dealkylation sites (tertiary alicyclic amines) is 1. The lowest BCUT2D eigenvalue weighted by molar-refractivity contribution is 0.343. The Bertz CT molecular complexity index is 579. The molecular formula is C16H19ClN4. The molecule has 0 amide bonds. The van der Waals surface area contributed by atoms with Crippen LogP contribution in [0.2, 0.25) is 5.02 Å². The van der Waals surface area contributed by atoms with Crippen molar-refractivity contribution in [2.45, 2.75) is 19.3 Å². The highest BCUT2D eigenvalue weighted by atomic mass is 35.5. The molecule has 1 aromatic carbocycles. The molecule has 0 aliphatic carbocycles. The molecule has 0 saturated carbocycles. The van der Waals surface area contributed by atoms with E-state index >= 15 is 0 Å². The lowest BCUT2D eigenvalue weighted by atomic mass is 10.1. The number of nitrogens with one attached hydrogen (secondary N) is 1. The molecule has 3 rings (SSSR count). The largest absolute Gasteiger partial charge is 0.339 e. The monoisotopic (exact) mass is 302 g/mol. The van der Waals surface area contributed by atoms with Gasteiger partial charge in [0.15, 0.2) is 5.82 Å². The summed E-state index contributed by atoms with van der Waals surface area (Å²) in [5.74, 6) is 0.636. The second kappa shape index (κ2) is 6.87. The van der Waals surface area contributed by atoms with Crippen molar-refractivity contribution in [3.63, 3.8) is 0 Å². The molecule has 5 heteroatoms. The summed E-state index contributed by atoms with van der Waals surface area (Å²) in [6, 6.07) is 8.45. The van der Waals surface area contributed by atoms with E-state index in [0.717, 1.165) is 18.7 Å². The predicted octanol–water partition coefficient (Wildman–Crippen LogP) is 3.51. The van der Waals surface area contributed by atoms with Crippen LogP contribution in [0.15, 0.2) is 36.8 Å². The average Bonchev–Trinajstić information content (AvgIpc) is 3.02. The van der Waals surface area contributed by atoms with Gasteiger partial charge >= 0.3 is 0 Å². The number of nitrogens with zero attached hydrogens (tertiary/aromatic N) is 3. The van der Waals surface area contributed by atoms with Crippen LogP contribution in [0.25, 0.3) is 0 Å². The predicted molar refractivity (Wildman–Crippen MR) is 86.1 cm³/mol. The number of anilines is 2. The van der Waals surface area contributed by atoms with Crippen LogP contribution in [0.3, 0.4) is 0 Å². The molecule has 4 nitrogen and oxygen atoms in total. The molecule has 0 bridgehead atoms. The molecule has 0 atom stereocenters. The van der Waals surface area contributed by atoms with E-state index in [1.807, 2.05) is 0 Å². The van der Waals surface area contributed by atoms with Crippen LogP contribution in [0.1, 0.15) is 18.4 Å². The quantitative estimate of drug-likeness (QED) is 0.917. The molecule has 1 N–H and O–H groups in total. The van der Waals surface area contributed by atoms with Crippen LogP contribution in [0.5, 0.6) is 0 Å². The van der Waals surface area contributed by atoms with Gasteiger partial charge in [-0.3, -0.25) is 0 Å². The summed E-state index contributed by atoms with van der Waals surface area (Å²) >= 11 is 6.03. The average molecular weight is 303 g/mol. The van der Waals surface area contributed by atoms with Gasteiger partial charge in [0.2, 0.25) is 0 Å². The van der Waals surface area contributed by atoms with Gasteiger partial charge in [0.1, 0.15) is 11.3 Å². The molecular weight excluding hydrogens is 284 g/mol. The second-order valence-corrected chi connectivity index (χ2v) is 5.75. The molecule has 110 valence electrons. The van der Waals surface area contributed by atoms with E-state index in [9.17, 15) is 0 Å². The van der Waals surface area contributed by atoms with Crippen molar-refractivity contribution in [3.05, 3.63) is 47.4 Å². The van der Waals surface area contributed by atoms with Crippen molar-refractivity contribution in [1.82, 2.24) is 14.9 Å². The number of rotatable bonds is 5. The highest BCUT2D eigenvalue weighted by molar-refractivity contribution is 6.32. The van der Waals surface area contributed by atoms with Crippen molar-refractivity contribution < 1.29 is 0 Å². The van der Waals surface area contributed by atoms with Crippen molar-refractivity contribution in [2.75, 3.05) is 25.0 Å². The fourth-order valence-corrected chi connectivity index (χ4v) is 2.74. The Kier molecular flexibility index (Phi) is 4.68. The van der Waals surface area contributed by atoms with E-state index in [4.69, 9.17) is 11.6 Å². The zero-order valence-electron chi connectivity index (χ0n) is 11.9. The molecule has 1 aliphatic rings. The van der Waals surface area contributed by atoms with Crippen LogP contribution in [0.4, 0.5) is 11.5 Å². The zero-order valence-corrected chi connectivity index (χ0v) is 12.7. The molecule has 1 aromatic heterocycles. The Morgan fingerprint density at radius 2 is 1.90 bits per heavy atom. The summed E-state index contributed by atoms with van der Waals surface area (Å²) in [7, 11) is 0. The second-order valence-electron chi connectivity index (χ2n) is 5.34. The van der Waals surface area contributed by atoms with Gasteiger partial charge in [-0.25, -0.2) is 9.97 Å². The highest BCUT2D eigenvalue weighted by Crippen LogP contribution is 2.22. The maximum absolute atomic E-state index is 6.03. The molecule has 1 fully saturated rings. The first-order chi connectivity index (χ1) is 10.3. The molecule has 0 spiro atoms. The van der Waals surface area contributed by atoms with Crippen molar-refractivity contribution in [3.8, 4) is 0 Å². The first kappa shape index (κ1) is 14.3. The SMILES string of the molecule is Clc1cncnc1Nc1ccc(CCN2CCCC2)cc1. The summed E-state index contributed by atoms with van der Waals surface area (Å²) in [5, 5.41) is 3.73. The molecule has 0 radical (unpaired) electrons. The van der Waals surface area contributed by atoms with Crippen molar-refractivity contribution in [1.29, 1.82) is 0 Å². The van der Waals surface area contributed by atoms with Gasteiger partial charge in [-0.1, -0.05) is 23.7 Å². The van der Waals surface area contributed by atoms with Gasteiger partial charge in [-0.2, -0.15) is 0 Å². The van der Waals surface area contributed by atoms with E-state index < -0.39 is 0 Å². The van der Waals surface area contributed by atoms with Gasteiger partial charge in [-0.15, -0.1) is 0 Å². The first-order valence-corrected chi connectivity index (χ1v) is 7.73. The topological polar surface area (TPSA) is 41.1 Å². The minimum Gasteiger partial charge on any atom is -0.339 e.